The zero-order valence-electron chi connectivity index (χ0n) is 11.5. The van der Waals surface area contributed by atoms with Crippen LogP contribution in [0.5, 0.6) is 0 Å². The van der Waals surface area contributed by atoms with Gasteiger partial charge in [-0.2, -0.15) is 10.2 Å². The van der Waals surface area contributed by atoms with Crippen LogP contribution in [-0.2, 0) is 5.41 Å². The number of fused-ring (bicyclic) bond motifs is 5. The molecule has 0 unspecified atom stereocenters. The summed E-state index contributed by atoms with van der Waals surface area (Å²) in [5.41, 5.74) is 3.47. The van der Waals surface area contributed by atoms with Gasteiger partial charge in [-0.05, 0) is 36.6 Å². The van der Waals surface area contributed by atoms with Crippen molar-refractivity contribution in [2.24, 2.45) is 0 Å². The van der Waals surface area contributed by atoms with Crippen LogP contribution in [0.2, 0.25) is 0 Å². The molecule has 4 heteroatoms. The van der Waals surface area contributed by atoms with Crippen molar-refractivity contribution in [2.45, 2.75) is 24.2 Å². The Morgan fingerprint density at radius 1 is 1.33 bits per heavy atom. The Labute approximate surface area is 122 Å². The first-order valence-corrected chi connectivity index (χ1v) is 7.10. The van der Waals surface area contributed by atoms with E-state index in [1.54, 1.807) is 18.2 Å². The predicted octanol–water partition coefficient (Wildman–Crippen LogP) is 2.96. The molecule has 0 spiro atoms. The van der Waals surface area contributed by atoms with Crippen molar-refractivity contribution in [1.29, 1.82) is 0 Å². The van der Waals surface area contributed by atoms with Crippen molar-refractivity contribution in [2.75, 3.05) is 6.61 Å². The van der Waals surface area contributed by atoms with Crippen molar-refractivity contribution in [3.8, 4) is 11.3 Å². The number of hydrogen-bond donors (Lipinski definition) is 1. The third kappa shape index (κ3) is 1.51. The zero-order valence-corrected chi connectivity index (χ0v) is 11.5. The number of halogens is 1. The molecule has 1 aromatic heterocycles. The molecule has 2 aliphatic carbocycles. The maximum atomic E-state index is 13.9. The van der Waals surface area contributed by atoms with Gasteiger partial charge in [-0.25, -0.2) is 4.39 Å². The Morgan fingerprint density at radius 2 is 2.14 bits per heavy atom. The Morgan fingerprint density at radius 3 is 2.90 bits per heavy atom. The number of nitrogens with zero attached hydrogens (tertiary/aromatic N) is 2. The van der Waals surface area contributed by atoms with Gasteiger partial charge in [0, 0.05) is 11.5 Å². The maximum absolute atomic E-state index is 13.9. The van der Waals surface area contributed by atoms with Crippen LogP contribution in [0.1, 0.15) is 30.0 Å². The highest BCUT2D eigenvalue weighted by Crippen LogP contribution is 2.59. The molecule has 2 aliphatic rings. The quantitative estimate of drug-likeness (QED) is 0.861. The summed E-state index contributed by atoms with van der Waals surface area (Å²) in [4.78, 5) is 0. The first kappa shape index (κ1) is 12.7. The van der Waals surface area contributed by atoms with Gasteiger partial charge < -0.3 is 5.11 Å². The van der Waals surface area contributed by atoms with E-state index >= 15 is 0 Å². The lowest BCUT2D eigenvalue weighted by molar-refractivity contribution is 0.217. The summed E-state index contributed by atoms with van der Waals surface area (Å²) < 4.78 is 13.9. The molecule has 2 aromatic rings. The molecule has 1 aromatic carbocycles. The van der Waals surface area contributed by atoms with E-state index in [4.69, 9.17) is 0 Å². The molecular formula is C17H15FN2O. The largest absolute Gasteiger partial charge is 0.395 e. The molecule has 0 saturated heterocycles. The smallest absolute Gasteiger partial charge is 0.132 e. The van der Waals surface area contributed by atoms with E-state index < -0.39 is 5.41 Å². The van der Waals surface area contributed by atoms with Gasteiger partial charge in [0.05, 0.1) is 23.4 Å². The summed E-state index contributed by atoms with van der Waals surface area (Å²) in [6, 6.07) is 8.48. The van der Waals surface area contributed by atoms with E-state index in [1.807, 2.05) is 6.07 Å². The molecule has 21 heavy (non-hydrogen) atoms. The zero-order chi connectivity index (χ0) is 14.6. The first-order valence-electron chi connectivity index (χ1n) is 7.10. The molecule has 0 radical (unpaired) electrons. The number of aliphatic hydroxyl groups excluding tert-OH is 1. The predicted molar refractivity (Wildman–Crippen MR) is 77.3 cm³/mol. The average Bonchev–Trinajstić information content (AvgIpc) is 2.96. The summed E-state index contributed by atoms with van der Waals surface area (Å²) in [5, 5.41) is 18.3. The molecule has 106 valence electrons. The summed E-state index contributed by atoms with van der Waals surface area (Å²) in [6.45, 7) is 4.17. The van der Waals surface area contributed by atoms with Crippen LogP contribution in [0.4, 0.5) is 4.39 Å². The van der Waals surface area contributed by atoms with Gasteiger partial charge in [0.25, 0.3) is 0 Å². The van der Waals surface area contributed by atoms with E-state index in [0.717, 1.165) is 29.7 Å². The second-order valence-electron chi connectivity index (χ2n) is 5.87. The third-order valence-corrected chi connectivity index (χ3v) is 4.97. The van der Waals surface area contributed by atoms with Gasteiger partial charge in [-0.15, -0.1) is 0 Å². The molecule has 1 saturated carbocycles. The summed E-state index contributed by atoms with van der Waals surface area (Å²) in [5.74, 6) is -0.0845. The standard InChI is InChI=1S/C17H15FN2O/c1-10-11-6-7-17(10,9-21)16-13(11)8-15(19-20-16)12-4-2-3-5-14(12)18/h2-5,8,11,21H,1,6-7,9H2/t11-,17-/m0/s1. The number of hydrogen-bond acceptors (Lipinski definition) is 3. The van der Waals surface area contributed by atoms with Crippen LogP contribution in [0.25, 0.3) is 11.3 Å². The maximum Gasteiger partial charge on any atom is 0.132 e. The normalized spacial score (nSPS) is 26.2. The highest BCUT2D eigenvalue weighted by Gasteiger charge is 2.53. The van der Waals surface area contributed by atoms with Crippen molar-refractivity contribution >= 4 is 0 Å². The molecule has 0 amide bonds. The molecular weight excluding hydrogens is 267 g/mol. The van der Waals surface area contributed by atoms with E-state index in [2.05, 4.69) is 16.8 Å². The minimum atomic E-state index is -0.430. The highest BCUT2D eigenvalue weighted by molar-refractivity contribution is 5.64. The second kappa shape index (κ2) is 4.21. The minimum absolute atomic E-state index is 0.0169. The summed E-state index contributed by atoms with van der Waals surface area (Å²) >= 11 is 0. The van der Waals surface area contributed by atoms with Gasteiger partial charge in [0.1, 0.15) is 5.82 Å². The van der Waals surface area contributed by atoms with Crippen LogP contribution in [0, 0.1) is 5.82 Å². The van der Waals surface area contributed by atoms with Crippen LogP contribution >= 0.6 is 0 Å². The molecule has 2 bridgehead atoms. The third-order valence-electron chi connectivity index (χ3n) is 4.97. The van der Waals surface area contributed by atoms with Crippen molar-refractivity contribution in [1.82, 2.24) is 10.2 Å². The second-order valence-corrected chi connectivity index (χ2v) is 5.87. The van der Waals surface area contributed by atoms with Gasteiger partial charge >= 0.3 is 0 Å². The molecule has 2 atom stereocenters. The van der Waals surface area contributed by atoms with Gasteiger partial charge in [0.15, 0.2) is 0 Å². The van der Waals surface area contributed by atoms with E-state index in [0.29, 0.717) is 11.3 Å². The fourth-order valence-electron chi connectivity index (χ4n) is 3.77. The molecule has 4 rings (SSSR count). The monoisotopic (exact) mass is 282 g/mol. The first-order chi connectivity index (χ1) is 10.2. The molecule has 1 fully saturated rings. The molecule has 3 nitrogen and oxygen atoms in total. The molecule has 0 aliphatic heterocycles. The molecule has 1 heterocycles. The summed E-state index contributed by atoms with van der Waals surface area (Å²) in [7, 11) is 0. The van der Waals surface area contributed by atoms with Crippen molar-refractivity contribution in [3.63, 3.8) is 0 Å². The summed E-state index contributed by atoms with van der Waals surface area (Å²) in [6.07, 6.45) is 1.84. The van der Waals surface area contributed by atoms with Crippen LogP contribution in [0.15, 0.2) is 42.5 Å². The minimum Gasteiger partial charge on any atom is -0.395 e. The fraction of sp³-hybridized carbons (Fsp3) is 0.294. The number of aliphatic hydroxyl groups is 1. The lowest BCUT2D eigenvalue weighted by atomic mass is 9.82. The van der Waals surface area contributed by atoms with Gasteiger partial charge in [-0.1, -0.05) is 24.3 Å². The Balaban J connectivity index is 1.89. The Hall–Kier alpha value is -2.07. The fourth-order valence-corrected chi connectivity index (χ4v) is 3.77. The van der Waals surface area contributed by atoms with Crippen LogP contribution < -0.4 is 0 Å². The highest BCUT2D eigenvalue weighted by atomic mass is 19.1. The van der Waals surface area contributed by atoms with Gasteiger partial charge in [0.2, 0.25) is 0 Å². The van der Waals surface area contributed by atoms with E-state index in [1.165, 1.54) is 6.07 Å². The lowest BCUT2D eigenvalue weighted by Gasteiger charge is -2.25. The van der Waals surface area contributed by atoms with Gasteiger partial charge in [-0.3, -0.25) is 0 Å². The van der Waals surface area contributed by atoms with E-state index in [-0.39, 0.29) is 18.3 Å². The number of benzene rings is 1. The Kier molecular flexibility index (Phi) is 2.54. The Bertz CT molecular complexity index is 758. The topological polar surface area (TPSA) is 46.0 Å². The van der Waals surface area contributed by atoms with Crippen molar-refractivity contribution in [3.05, 3.63) is 59.6 Å². The van der Waals surface area contributed by atoms with Crippen LogP contribution in [-0.4, -0.2) is 21.9 Å². The SMILES string of the molecule is C=C1[C@@H]2CC[C@@]1(CO)c1nnc(-c3ccccc3F)cc12. The van der Waals surface area contributed by atoms with Crippen molar-refractivity contribution < 1.29 is 9.50 Å². The number of aromatic nitrogens is 2. The number of rotatable bonds is 2. The molecule has 1 N–H and O–H groups in total. The lowest BCUT2D eigenvalue weighted by Crippen LogP contribution is -2.28. The van der Waals surface area contributed by atoms with Crippen LogP contribution in [0.3, 0.4) is 0 Å². The average molecular weight is 282 g/mol. The van der Waals surface area contributed by atoms with E-state index in [9.17, 15) is 9.50 Å².